The van der Waals surface area contributed by atoms with E-state index in [1.165, 1.54) is 0 Å². The van der Waals surface area contributed by atoms with Gasteiger partial charge >= 0.3 is 0 Å². The van der Waals surface area contributed by atoms with Gasteiger partial charge in [-0.05, 0) is 37.1 Å². The van der Waals surface area contributed by atoms with Crippen molar-refractivity contribution in [3.63, 3.8) is 0 Å². The monoisotopic (exact) mass is 308 g/mol. The first kappa shape index (κ1) is 13.8. The van der Waals surface area contributed by atoms with Crippen LogP contribution in [-0.4, -0.2) is 28.0 Å². The van der Waals surface area contributed by atoms with E-state index in [0.717, 1.165) is 35.0 Å². The molecule has 0 atom stereocenters. The summed E-state index contributed by atoms with van der Waals surface area (Å²) in [5.74, 6) is 1.35. The Bertz CT molecular complexity index is 883. The number of pyridine rings is 2. The number of rotatable bonds is 4. The Hall–Kier alpha value is -2.89. The maximum atomic E-state index is 11.8. The van der Waals surface area contributed by atoms with Gasteiger partial charge in [0.15, 0.2) is 0 Å². The predicted octanol–water partition coefficient (Wildman–Crippen LogP) is 2.98. The number of nitrogens with zero attached hydrogens (tertiary/aromatic N) is 2. The number of ether oxygens (including phenoxy) is 1. The number of carbonyl (C=O) groups is 1. The van der Waals surface area contributed by atoms with E-state index in [1.807, 2.05) is 30.5 Å². The highest BCUT2D eigenvalue weighted by Gasteiger charge is 2.29. The summed E-state index contributed by atoms with van der Waals surface area (Å²) in [5, 5.41) is 3.82. The Balaban J connectivity index is 1.71. The number of anilines is 1. The fraction of sp³-hybridized carbons (Fsp3) is 0.235. The summed E-state index contributed by atoms with van der Waals surface area (Å²) < 4.78 is 5.33. The lowest BCUT2D eigenvalue weighted by Crippen LogP contribution is -2.14. The molecule has 0 aliphatic heterocycles. The molecule has 1 aliphatic rings. The Morgan fingerprint density at radius 2 is 2.17 bits per heavy atom. The second-order valence-corrected chi connectivity index (χ2v) is 5.62. The third-order valence-electron chi connectivity index (χ3n) is 3.99. The van der Waals surface area contributed by atoms with Gasteiger partial charge in [0.2, 0.25) is 11.8 Å². The number of fused-ring (bicyclic) bond motifs is 1. The van der Waals surface area contributed by atoms with Crippen molar-refractivity contribution in [3.05, 3.63) is 36.7 Å². The predicted molar refractivity (Wildman–Crippen MR) is 87.2 cm³/mol. The first-order valence-electron chi connectivity index (χ1n) is 7.54. The van der Waals surface area contributed by atoms with Crippen molar-refractivity contribution in [1.29, 1.82) is 0 Å². The topological polar surface area (TPSA) is 79.9 Å². The third-order valence-corrected chi connectivity index (χ3v) is 3.99. The van der Waals surface area contributed by atoms with E-state index in [-0.39, 0.29) is 11.8 Å². The first-order chi connectivity index (χ1) is 11.3. The van der Waals surface area contributed by atoms with Crippen molar-refractivity contribution < 1.29 is 9.53 Å². The second kappa shape index (κ2) is 5.39. The van der Waals surface area contributed by atoms with Gasteiger partial charge in [-0.25, -0.2) is 9.97 Å². The van der Waals surface area contributed by atoms with Crippen LogP contribution in [0.15, 0.2) is 36.7 Å². The van der Waals surface area contributed by atoms with Gasteiger partial charge in [0.1, 0.15) is 11.5 Å². The average molecular weight is 308 g/mol. The molecule has 3 heterocycles. The molecule has 6 heteroatoms. The zero-order chi connectivity index (χ0) is 15.8. The van der Waals surface area contributed by atoms with Crippen LogP contribution in [0.3, 0.4) is 0 Å². The van der Waals surface area contributed by atoms with Gasteiger partial charge in [-0.1, -0.05) is 0 Å². The van der Waals surface area contributed by atoms with E-state index >= 15 is 0 Å². The molecule has 0 unspecified atom stereocenters. The van der Waals surface area contributed by atoms with Gasteiger partial charge in [0.05, 0.1) is 7.11 Å². The second-order valence-electron chi connectivity index (χ2n) is 5.62. The number of carbonyl (C=O) groups excluding carboxylic acids is 1. The Morgan fingerprint density at radius 1 is 1.30 bits per heavy atom. The van der Waals surface area contributed by atoms with E-state index in [0.29, 0.717) is 11.7 Å². The van der Waals surface area contributed by atoms with Gasteiger partial charge in [-0.3, -0.25) is 4.79 Å². The molecule has 3 aromatic rings. The van der Waals surface area contributed by atoms with Crippen LogP contribution in [0.1, 0.15) is 12.8 Å². The SMILES string of the molecule is COc1ncccc1-c1c[nH]c2nc(NC(=O)C3CC3)ccc12. The minimum atomic E-state index is 0.0533. The molecular formula is C17H16N4O2. The van der Waals surface area contributed by atoms with Gasteiger partial charge < -0.3 is 15.0 Å². The van der Waals surface area contributed by atoms with Crippen LogP contribution in [0.4, 0.5) is 5.82 Å². The molecule has 0 bridgehead atoms. The molecule has 1 saturated carbocycles. The Morgan fingerprint density at radius 3 is 2.96 bits per heavy atom. The molecule has 0 saturated heterocycles. The number of aromatic nitrogens is 3. The quantitative estimate of drug-likeness (QED) is 0.776. The van der Waals surface area contributed by atoms with Gasteiger partial charge in [0.25, 0.3) is 0 Å². The molecule has 2 N–H and O–H groups in total. The molecule has 3 aromatic heterocycles. The Labute approximate surface area is 132 Å². The van der Waals surface area contributed by atoms with E-state index in [1.54, 1.807) is 13.3 Å². The van der Waals surface area contributed by atoms with Crippen molar-refractivity contribution in [1.82, 2.24) is 15.0 Å². The molecule has 116 valence electrons. The molecule has 1 fully saturated rings. The van der Waals surface area contributed by atoms with Gasteiger partial charge in [0, 0.05) is 34.8 Å². The molecule has 0 radical (unpaired) electrons. The van der Waals surface area contributed by atoms with Crippen LogP contribution in [0, 0.1) is 5.92 Å². The summed E-state index contributed by atoms with van der Waals surface area (Å²) >= 11 is 0. The standard InChI is InChI=1S/C17H16N4O2/c1-23-17-12(3-2-8-18-17)13-9-19-15-11(13)6-7-14(20-15)21-16(22)10-4-5-10/h2-3,6-10H,4-5H2,1H3,(H2,19,20,21,22). The summed E-state index contributed by atoms with van der Waals surface area (Å²) in [4.78, 5) is 23.7. The van der Waals surface area contributed by atoms with Crippen molar-refractivity contribution in [3.8, 4) is 17.0 Å². The van der Waals surface area contributed by atoms with Crippen molar-refractivity contribution in [2.45, 2.75) is 12.8 Å². The maximum Gasteiger partial charge on any atom is 0.228 e. The van der Waals surface area contributed by atoms with Gasteiger partial charge in [-0.15, -0.1) is 0 Å². The molecule has 6 nitrogen and oxygen atoms in total. The van der Waals surface area contributed by atoms with Crippen molar-refractivity contribution in [2.75, 3.05) is 12.4 Å². The summed E-state index contributed by atoms with van der Waals surface area (Å²) in [6, 6.07) is 7.59. The van der Waals surface area contributed by atoms with E-state index < -0.39 is 0 Å². The first-order valence-corrected chi connectivity index (χ1v) is 7.54. The molecule has 0 spiro atoms. The molecule has 23 heavy (non-hydrogen) atoms. The molecule has 0 aromatic carbocycles. The highest BCUT2D eigenvalue weighted by atomic mass is 16.5. The fourth-order valence-electron chi connectivity index (χ4n) is 2.63. The zero-order valence-corrected chi connectivity index (χ0v) is 12.7. The normalized spacial score (nSPS) is 14.0. The third kappa shape index (κ3) is 2.52. The molecule has 4 rings (SSSR count). The highest BCUT2D eigenvalue weighted by Crippen LogP contribution is 2.34. The average Bonchev–Trinajstić information content (AvgIpc) is 3.35. The van der Waals surface area contributed by atoms with Crippen LogP contribution < -0.4 is 10.1 Å². The zero-order valence-electron chi connectivity index (χ0n) is 12.7. The molecule has 1 aliphatic carbocycles. The number of H-pyrrole nitrogens is 1. The van der Waals surface area contributed by atoms with Crippen LogP contribution in [0.2, 0.25) is 0 Å². The van der Waals surface area contributed by atoms with Crippen LogP contribution in [-0.2, 0) is 4.79 Å². The van der Waals surface area contributed by atoms with E-state index in [9.17, 15) is 4.79 Å². The fourth-order valence-corrected chi connectivity index (χ4v) is 2.63. The Kier molecular flexibility index (Phi) is 3.22. The largest absolute Gasteiger partial charge is 0.481 e. The number of amides is 1. The van der Waals surface area contributed by atoms with Gasteiger partial charge in [-0.2, -0.15) is 0 Å². The number of aromatic amines is 1. The maximum absolute atomic E-state index is 11.8. The number of methoxy groups -OCH3 is 1. The number of nitrogens with one attached hydrogen (secondary N) is 2. The van der Waals surface area contributed by atoms with Crippen LogP contribution in [0.5, 0.6) is 5.88 Å². The minimum Gasteiger partial charge on any atom is -0.481 e. The van der Waals surface area contributed by atoms with Crippen molar-refractivity contribution in [2.24, 2.45) is 5.92 Å². The summed E-state index contributed by atoms with van der Waals surface area (Å²) in [6.07, 6.45) is 5.52. The summed E-state index contributed by atoms with van der Waals surface area (Å²) in [7, 11) is 1.60. The lowest BCUT2D eigenvalue weighted by molar-refractivity contribution is -0.117. The molecular weight excluding hydrogens is 292 g/mol. The lowest BCUT2D eigenvalue weighted by Gasteiger charge is -2.06. The summed E-state index contributed by atoms with van der Waals surface area (Å²) in [5.41, 5.74) is 2.59. The lowest BCUT2D eigenvalue weighted by atomic mass is 10.1. The number of hydrogen-bond acceptors (Lipinski definition) is 4. The molecule has 1 amide bonds. The summed E-state index contributed by atoms with van der Waals surface area (Å²) in [6.45, 7) is 0. The number of hydrogen-bond donors (Lipinski definition) is 2. The smallest absolute Gasteiger partial charge is 0.228 e. The van der Waals surface area contributed by atoms with Crippen LogP contribution >= 0.6 is 0 Å². The van der Waals surface area contributed by atoms with Crippen LogP contribution in [0.25, 0.3) is 22.2 Å². The van der Waals surface area contributed by atoms with E-state index in [2.05, 4.69) is 20.3 Å². The van der Waals surface area contributed by atoms with Crippen molar-refractivity contribution >= 4 is 22.8 Å². The highest BCUT2D eigenvalue weighted by molar-refractivity contribution is 5.98. The van der Waals surface area contributed by atoms with E-state index in [4.69, 9.17) is 4.74 Å². The minimum absolute atomic E-state index is 0.0533.